The highest BCUT2D eigenvalue weighted by Crippen LogP contribution is 2.45. The van der Waals surface area contributed by atoms with Crippen molar-refractivity contribution < 1.29 is 40.6 Å². The smallest absolute Gasteiger partial charge is 0.400 e. The van der Waals surface area contributed by atoms with Crippen LogP contribution in [-0.2, 0) is 9.47 Å². The number of benzene rings is 2. The summed E-state index contributed by atoms with van der Waals surface area (Å²) in [6.45, 7) is 4.96. The third-order valence-electron chi connectivity index (χ3n) is 9.65. The van der Waals surface area contributed by atoms with Gasteiger partial charge in [-0.2, -0.15) is 8.78 Å². The lowest BCUT2D eigenvalue weighted by atomic mass is 9.74. The molecule has 3 aliphatic rings. The standard InChI is InChI=1S/C34H40F6O3/c1-2-3-4-5-21-6-8-22(9-7-21)25-19-41-33(42-20-25)24-12-15-28(29(35)16-24)23-10-13-26(14-11-23)34(39,40)43-27-17-30(36)32(38)31(37)18-27/h2,12,15-18,21-23,25-26,33H,1,3-11,13-14,19-20H2. The number of unbranched alkanes of at least 4 members (excludes halogenated alkanes) is 1. The first-order chi connectivity index (χ1) is 20.6. The van der Waals surface area contributed by atoms with Crippen LogP contribution in [0.1, 0.15) is 94.0 Å². The molecule has 0 bridgehead atoms. The van der Waals surface area contributed by atoms with E-state index in [1.165, 1.54) is 44.6 Å². The van der Waals surface area contributed by atoms with Gasteiger partial charge in [-0.3, -0.25) is 0 Å². The molecule has 0 radical (unpaired) electrons. The maximum absolute atomic E-state index is 15.2. The Balaban J connectivity index is 1.09. The summed E-state index contributed by atoms with van der Waals surface area (Å²) in [7, 11) is 0. The zero-order valence-electron chi connectivity index (χ0n) is 24.3. The van der Waals surface area contributed by atoms with E-state index in [0.717, 1.165) is 12.3 Å². The van der Waals surface area contributed by atoms with Crippen LogP contribution in [0.25, 0.3) is 0 Å². The van der Waals surface area contributed by atoms with E-state index in [-0.39, 0.29) is 18.8 Å². The molecule has 0 spiro atoms. The monoisotopic (exact) mass is 610 g/mol. The predicted octanol–water partition coefficient (Wildman–Crippen LogP) is 10.0. The summed E-state index contributed by atoms with van der Waals surface area (Å²) in [5.74, 6) is -5.94. The largest absolute Gasteiger partial charge is 0.432 e. The second-order valence-corrected chi connectivity index (χ2v) is 12.5. The highest BCUT2D eigenvalue weighted by atomic mass is 19.3. The third-order valence-corrected chi connectivity index (χ3v) is 9.65. The van der Waals surface area contributed by atoms with Gasteiger partial charge < -0.3 is 14.2 Å². The maximum Gasteiger partial charge on any atom is 0.400 e. The van der Waals surface area contributed by atoms with Gasteiger partial charge in [0.15, 0.2) is 23.7 Å². The van der Waals surface area contributed by atoms with E-state index in [4.69, 9.17) is 9.47 Å². The van der Waals surface area contributed by atoms with Crippen molar-refractivity contribution >= 4 is 0 Å². The van der Waals surface area contributed by atoms with Crippen LogP contribution >= 0.6 is 0 Å². The quantitative estimate of drug-likeness (QED) is 0.116. The Labute approximate surface area is 249 Å². The molecule has 3 fully saturated rings. The van der Waals surface area contributed by atoms with E-state index in [9.17, 15) is 22.0 Å². The van der Waals surface area contributed by atoms with E-state index in [0.29, 0.717) is 61.2 Å². The van der Waals surface area contributed by atoms with Crippen molar-refractivity contribution in [2.45, 2.75) is 88.9 Å². The summed E-state index contributed by atoms with van der Waals surface area (Å²) < 4.78 is 101. The maximum atomic E-state index is 15.2. The number of allylic oxidation sites excluding steroid dienone is 1. The number of hydrogen-bond acceptors (Lipinski definition) is 3. The number of halogens is 6. The molecule has 236 valence electrons. The molecule has 1 aliphatic heterocycles. The van der Waals surface area contributed by atoms with Gasteiger partial charge in [0.05, 0.1) is 19.1 Å². The second-order valence-electron chi connectivity index (χ2n) is 12.5. The zero-order chi connectivity index (χ0) is 30.6. The molecule has 5 rings (SSSR count). The van der Waals surface area contributed by atoms with Gasteiger partial charge in [-0.15, -0.1) is 6.58 Å². The van der Waals surface area contributed by atoms with E-state index in [2.05, 4.69) is 11.3 Å². The number of hydrogen-bond donors (Lipinski definition) is 0. The molecule has 0 atom stereocenters. The molecule has 1 saturated heterocycles. The van der Waals surface area contributed by atoms with Crippen LogP contribution in [0.15, 0.2) is 43.0 Å². The fourth-order valence-electron chi connectivity index (χ4n) is 7.08. The van der Waals surface area contributed by atoms with Gasteiger partial charge in [0.1, 0.15) is 11.6 Å². The summed E-state index contributed by atoms with van der Waals surface area (Å²) in [5.41, 5.74) is 1.05. The van der Waals surface area contributed by atoms with Crippen molar-refractivity contribution in [2.24, 2.45) is 23.7 Å². The van der Waals surface area contributed by atoms with Crippen LogP contribution in [-0.4, -0.2) is 19.3 Å². The molecule has 2 saturated carbocycles. The van der Waals surface area contributed by atoms with Crippen LogP contribution in [0.2, 0.25) is 0 Å². The zero-order valence-corrected chi connectivity index (χ0v) is 24.3. The van der Waals surface area contributed by atoms with Crippen LogP contribution in [0.3, 0.4) is 0 Å². The first kappa shape index (κ1) is 31.9. The molecule has 9 heteroatoms. The average molecular weight is 611 g/mol. The van der Waals surface area contributed by atoms with Gasteiger partial charge in [-0.1, -0.05) is 37.5 Å². The lowest BCUT2D eigenvalue weighted by Gasteiger charge is -2.38. The van der Waals surface area contributed by atoms with Gasteiger partial charge in [0.2, 0.25) is 0 Å². The highest BCUT2D eigenvalue weighted by molar-refractivity contribution is 5.29. The van der Waals surface area contributed by atoms with E-state index < -0.39 is 47.3 Å². The number of alkyl halides is 2. The molecular weight excluding hydrogens is 570 g/mol. The summed E-state index contributed by atoms with van der Waals surface area (Å²) in [6.07, 6.45) is 6.69. The first-order valence-electron chi connectivity index (χ1n) is 15.5. The minimum Gasteiger partial charge on any atom is -0.432 e. The van der Waals surface area contributed by atoms with Gasteiger partial charge >= 0.3 is 6.11 Å². The normalized spacial score (nSPS) is 28.4. The Morgan fingerprint density at radius 3 is 2.07 bits per heavy atom. The van der Waals surface area contributed by atoms with Crippen LogP contribution in [0.5, 0.6) is 5.75 Å². The Kier molecular flexibility index (Phi) is 10.4. The summed E-state index contributed by atoms with van der Waals surface area (Å²) in [5, 5.41) is 0. The van der Waals surface area contributed by atoms with Crippen molar-refractivity contribution in [3.63, 3.8) is 0 Å². The molecule has 0 unspecified atom stereocenters. The molecule has 2 aromatic carbocycles. The molecular formula is C34H40F6O3. The fourth-order valence-corrected chi connectivity index (χ4v) is 7.08. The summed E-state index contributed by atoms with van der Waals surface area (Å²) in [4.78, 5) is 0. The van der Waals surface area contributed by atoms with Gasteiger partial charge in [-0.05, 0) is 80.8 Å². The fraction of sp³-hybridized carbons (Fsp3) is 0.588. The first-order valence-corrected chi connectivity index (χ1v) is 15.5. The lowest BCUT2D eigenvalue weighted by molar-refractivity contribution is -0.222. The molecule has 0 amide bonds. The van der Waals surface area contributed by atoms with E-state index in [1.807, 2.05) is 6.08 Å². The average Bonchev–Trinajstić information content (AvgIpc) is 3.00. The van der Waals surface area contributed by atoms with Crippen LogP contribution in [0, 0.1) is 46.9 Å². The number of ether oxygens (including phenoxy) is 3. The molecule has 1 heterocycles. The van der Waals surface area contributed by atoms with Crippen molar-refractivity contribution in [3.8, 4) is 5.75 Å². The molecule has 2 aliphatic carbocycles. The Hall–Kier alpha value is -2.52. The lowest BCUT2D eigenvalue weighted by Crippen LogP contribution is -2.37. The highest BCUT2D eigenvalue weighted by Gasteiger charge is 2.44. The van der Waals surface area contributed by atoms with Crippen molar-refractivity contribution in [1.29, 1.82) is 0 Å². The third kappa shape index (κ3) is 7.77. The SMILES string of the molecule is C=CCCCC1CCC(C2COC(c3ccc(C4CCC(C(F)(F)Oc5cc(F)c(F)c(F)c5)CC4)c(F)c3)OC2)CC1. The van der Waals surface area contributed by atoms with Crippen molar-refractivity contribution in [1.82, 2.24) is 0 Å². The van der Waals surface area contributed by atoms with Crippen LogP contribution < -0.4 is 4.74 Å². The molecule has 0 N–H and O–H groups in total. The topological polar surface area (TPSA) is 27.7 Å². The van der Waals surface area contributed by atoms with Gasteiger partial charge in [-0.25, -0.2) is 17.6 Å². The van der Waals surface area contributed by atoms with Gasteiger partial charge in [0.25, 0.3) is 0 Å². The predicted molar refractivity (Wildman–Crippen MR) is 151 cm³/mol. The Bertz CT molecular complexity index is 1210. The minimum absolute atomic E-state index is 0.0258. The van der Waals surface area contributed by atoms with Gasteiger partial charge in [0, 0.05) is 23.6 Å². The molecule has 3 nitrogen and oxygen atoms in total. The molecule has 0 aromatic heterocycles. The minimum atomic E-state index is -3.72. The summed E-state index contributed by atoms with van der Waals surface area (Å²) >= 11 is 0. The van der Waals surface area contributed by atoms with Crippen LogP contribution in [0.4, 0.5) is 26.3 Å². The molecule has 43 heavy (non-hydrogen) atoms. The van der Waals surface area contributed by atoms with Crippen molar-refractivity contribution in [2.75, 3.05) is 13.2 Å². The summed E-state index contributed by atoms with van der Waals surface area (Å²) in [6, 6.07) is 5.66. The van der Waals surface area contributed by atoms with E-state index >= 15 is 4.39 Å². The Morgan fingerprint density at radius 1 is 0.814 bits per heavy atom. The number of rotatable bonds is 10. The van der Waals surface area contributed by atoms with E-state index in [1.54, 1.807) is 12.1 Å². The Morgan fingerprint density at radius 2 is 1.47 bits per heavy atom. The van der Waals surface area contributed by atoms with Crippen molar-refractivity contribution in [3.05, 3.63) is 77.4 Å². The second kappa shape index (κ2) is 14.1. The molecule has 2 aromatic rings.